The van der Waals surface area contributed by atoms with E-state index in [9.17, 15) is 9.59 Å². The molecule has 0 unspecified atom stereocenters. The number of carbonyl (C=O) groups is 2. The second-order valence-electron chi connectivity index (χ2n) is 10.1. The highest BCUT2D eigenvalue weighted by atomic mass is 16.1. The summed E-state index contributed by atoms with van der Waals surface area (Å²) in [5.41, 5.74) is 6.40. The Morgan fingerprint density at radius 2 is 0.872 bits per heavy atom. The van der Waals surface area contributed by atoms with Crippen molar-refractivity contribution in [3.8, 4) is 22.3 Å². The van der Waals surface area contributed by atoms with E-state index >= 15 is 0 Å². The van der Waals surface area contributed by atoms with E-state index in [1.165, 1.54) is 0 Å². The minimum absolute atomic E-state index is 0.687. The van der Waals surface area contributed by atoms with Gasteiger partial charge in [0.2, 0.25) is 0 Å². The Hall–Kier alpha value is -5.08. The summed E-state index contributed by atoms with van der Waals surface area (Å²) in [5.74, 6) is 0. The first kappa shape index (κ1) is 23.1. The van der Waals surface area contributed by atoms with E-state index in [1.807, 2.05) is 60.7 Å². The number of hydrogen-bond acceptors (Lipinski definition) is 2. The molecule has 0 radical (unpaired) electrons. The Bertz CT molecular complexity index is 2120. The Kier molecular flexibility index (Phi) is 5.35. The maximum Gasteiger partial charge on any atom is 0.151 e. The molecule has 0 fully saturated rings. The van der Waals surface area contributed by atoms with Gasteiger partial charge in [0, 0.05) is 11.1 Å². The molecule has 184 valence electrons. The van der Waals surface area contributed by atoms with Gasteiger partial charge in [-0.2, -0.15) is 0 Å². The van der Waals surface area contributed by atoms with Crippen LogP contribution in [0.25, 0.3) is 65.3 Å². The van der Waals surface area contributed by atoms with Crippen molar-refractivity contribution in [3.05, 3.63) is 132 Å². The van der Waals surface area contributed by atoms with Crippen LogP contribution in [0.4, 0.5) is 0 Å². The topological polar surface area (TPSA) is 34.1 Å². The number of fused-ring (bicyclic) bond motifs is 4. The lowest BCUT2D eigenvalue weighted by Crippen LogP contribution is -1.97. The molecule has 0 aromatic heterocycles. The lowest BCUT2D eigenvalue weighted by Gasteiger charge is -2.20. The fraction of sp³-hybridized carbons (Fsp3) is 0.0270. The van der Waals surface area contributed by atoms with Gasteiger partial charge in [-0.05, 0) is 72.3 Å². The molecule has 0 saturated heterocycles. The van der Waals surface area contributed by atoms with Crippen LogP contribution in [-0.2, 0) is 0 Å². The van der Waals surface area contributed by atoms with E-state index in [2.05, 4.69) is 61.5 Å². The third-order valence-corrected chi connectivity index (χ3v) is 7.90. The van der Waals surface area contributed by atoms with Crippen LogP contribution in [0.15, 0.2) is 115 Å². The summed E-state index contributed by atoms with van der Waals surface area (Å²) < 4.78 is 0. The summed E-state index contributed by atoms with van der Waals surface area (Å²) >= 11 is 0. The third kappa shape index (κ3) is 3.49. The van der Waals surface area contributed by atoms with E-state index in [0.29, 0.717) is 11.1 Å². The lowest BCUT2D eigenvalue weighted by atomic mass is 9.82. The maximum absolute atomic E-state index is 12.6. The number of aldehydes is 2. The van der Waals surface area contributed by atoms with Gasteiger partial charge in [0.05, 0.1) is 0 Å². The van der Waals surface area contributed by atoms with Crippen molar-refractivity contribution in [1.29, 1.82) is 0 Å². The van der Waals surface area contributed by atoms with Gasteiger partial charge >= 0.3 is 0 Å². The smallest absolute Gasteiger partial charge is 0.151 e. The zero-order valence-electron chi connectivity index (χ0n) is 21.4. The predicted molar refractivity (Wildman–Crippen MR) is 163 cm³/mol. The van der Waals surface area contributed by atoms with Crippen molar-refractivity contribution in [2.75, 3.05) is 0 Å². The molecule has 39 heavy (non-hydrogen) atoms. The molecular weight excluding hydrogens is 476 g/mol. The summed E-state index contributed by atoms with van der Waals surface area (Å²) in [7, 11) is 0. The van der Waals surface area contributed by atoms with Gasteiger partial charge in [-0.25, -0.2) is 0 Å². The van der Waals surface area contributed by atoms with Crippen molar-refractivity contribution in [1.82, 2.24) is 0 Å². The first-order valence-corrected chi connectivity index (χ1v) is 13.1. The summed E-state index contributed by atoms with van der Waals surface area (Å²) in [6.07, 6.45) is 1.96. The largest absolute Gasteiger partial charge is 0.298 e. The third-order valence-electron chi connectivity index (χ3n) is 7.90. The molecule has 0 spiro atoms. The first-order valence-electron chi connectivity index (χ1n) is 13.1. The maximum atomic E-state index is 12.6. The van der Waals surface area contributed by atoms with Gasteiger partial charge in [0.15, 0.2) is 12.6 Å². The van der Waals surface area contributed by atoms with Gasteiger partial charge in [0.1, 0.15) is 0 Å². The Labute approximate surface area is 226 Å². The zero-order chi connectivity index (χ0) is 26.5. The number of aryl methyl sites for hydroxylation is 1. The zero-order valence-corrected chi connectivity index (χ0v) is 21.4. The van der Waals surface area contributed by atoms with E-state index in [-0.39, 0.29) is 0 Å². The molecular formula is C37H24O2. The molecule has 2 nitrogen and oxygen atoms in total. The van der Waals surface area contributed by atoms with Crippen LogP contribution in [0, 0.1) is 6.92 Å². The van der Waals surface area contributed by atoms with Crippen LogP contribution in [0.1, 0.15) is 26.3 Å². The van der Waals surface area contributed by atoms with Gasteiger partial charge in [0.25, 0.3) is 0 Å². The van der Waals surface area contributed by atoms with Crippen LogP contribution in [0.3, 0.4) is 0 Å². The quantitative estimate of drug-likeness (QED) is 0.178. The minimum Gasteiger partial charge on any atom is -0.298 e. The highest BCUT2D eigenvalue weighted by Gasteiger charge is 2.21. The molecule has 0 heterocycles. The second-order valence-corrected chi connectivity index (χ2v) is 10.1. The Morgan fingerprint density at radius 1 is 0.436 bits per heavy atom. The fourth-order valence-corrected chi connectivity index (χ4v) is 6.15. The molecule has 0 saturated carbocycles. The monoisotopic (exact) mass is 500 g/mol. The van der Waals surface area contributed by atoms with Crippen LogP contribution >= 0.6 is 0 Å². The first-order chi connectivity index (χ1) is 19.2. The van der Waals surface area contributed by atoms with E-state index < -0.39 is 0 Å². The number of hydrogen-bond donors (Lipinski definition) is 0. The lowest BCUT2D eigenvalue weighted by molar-refractivity contribution is 0.111. The molecule has 7 aromatic rings. The van der Waals surface area contributed by atoms with Gasteiger partial charge < -0.3 is 0 Å². The van der Waals surface area contributed by atoms with E-state index in [0.717, 1.165) is 83.5 Å². The van der Waals surface area contributed by atoms with Crippen LogP contribution in [-0.4, -0.2) is 12.6 Å². The SMILES string of the molecule is Cc1ccc2c(-c3ccc4ccccc4c3C=O)c3ccccc3c(-c3ccc4ccccc4c3C=O)c2c1. The molecule has 7 rings (SSSR count). The summed E-state index contributed by atoms with van der Waals surface area (Å²) in [6, 6.07) is 39.2. The van der Waals surface area contributed by atoms with Crippen molar-refractivity contribution < 1.29 is 9.59 Å². The average molecular weight is 501 g/mol. The van der Waals surface area contributed by atoms with Crippen molar-refractivity contribution in [3.63, 3.8) is 0 Å². The highest BCUT2D eigenvalue weighted by Crippen LogP contribution is 2.46. The number of rotatable bonds is 4. The average Bonchev–Trinajstić information content (AvgIpc) is 2.98. The number of carbonyl (C=O) groups excluding carboxylic acids is 2. The summed E-state index contributed by atoms with van der Waals surface area (Å²) in [6.45, 7) is 2.09. The summed E-state index contributed by atoms with van der Waals surface area (Å²) in [5, 5.41) is 8.17. The molecule has 0 aliphatic heterocycles. The standard InChI is InChI=1S/C37H24O2/c1-23-14-17-30-33(20-23)37(32-19-16-25-9-3-5-11-27(25)35(32)22-39)29-13-7-6-12-28(29)36(30)31-18-15-24-8-2-4-10-26(24)34(31)21-38/h2-22H,1H3. The molecule has 7 aromatic carbocycles. The van der Waals surface area contributed by atoms with Crippen molar-refractivity contribution >= 4 is 55.7 Å². The summed E-state index contributed by atoms with van der Waals surface area (Å²) in [4.78, 5) is 25.2. The van der Waals surface area contributed by atoms with E-state index in [4.69, 9.17) is 0 Å². The Morgan fingerprint density at radius 3 is 1.38 bits per heavy atom. The highest BCUT2D eigenvalue weighted by molar-refractivity contribution is 6.25. The second kappa shape index (κ2) is 9.04. The van der Waals surface area contributed by atoms with Crippen LogP contribution < -0.4 is 0 Å². The molecule has 0 aliphatic rings. The molecule has 0 bridgehead atoms. The normalized spacial score (nSPS) is 11.4. The molecule has 0 N–H and O–H groups in total. The Balaban J connectivity index is 1.69. The molecule has 2 heteroatoms. The molecule has 0 amide bonds. The number of benzene rings is 7. The van der Waals surface area contributed by atoms with Gasteiger partial charge in [-0.15, -0.1) is 0 Å². The van der Waals surface area contributed by atoms with Crippen LogP contribution in [0.2, 0.25) is 0 Å². The van der Waals surface area contributed by atoms with Gasteiger partial charge in [-0.3, -0.25) is 9.59 Å². The molecule has 0 atom stereocenters. The molecule has 0 aliphatic carbocycles. The van der Waals surface area contributed by atoms with Gasteiger partial charge in [-0.1, -0.05) is 121 Å². The van der Waals surface area contributed by atoms with Crippen molar-refractivity contribution in [2.45, 2.75) is 6.92 Å². The van der Waals surface area contributed by atoms with E-state index in [1.54, 1.807) is 0 Å². The fourth-order valence-electron chi connectivity index (χ4n) is 6.15. The van der Waals surface area contributed by atoms with Crippen LogP contribution in [0.5, 0.6) is 0 Å². The van der Waals surface area contributed by atoms with Crippen molar-refractivity contribution in [2.24, 2.45) is 0 Å². The minimum atomic E-state index is 0.687. The predicted octanol–water partition coefficient (Wildman–Crippen LogP) is 9.57.